The van der Waals surface area contributed by atoms with Crippen LogP contribution < -0.4 is 10.1 Å². The van der Waals surface area contributed by atoms with Crippen LogP contribution in [-0.4, -0.2) is 28.7 Å². The minimum atomic E-state index is -0.159. The predicted molar refractivity (Wildman–Crippen MR) is 142 cm³/mol. The molecule has 2 aromatic heterocycles. The highest BCUT2D eigenvalue weighted by Crippen LogP contribution is 2.44. The van der Waals surface area contributed by atoms with E-state index in [1.54, 1.807) is 18.4 Å². The molecular weight excluding hydrogens is 476 g/mol. The molecule has 35 heavy (non-hydrogen) atoms. The minimum Gasteiger partial charge on any atom is -0.497 e. The molecule has 1 aromatic carbocycles. The van der Waals surface area contributed by atoms with Gasteiger partial charge in [-0.25, -0.2) is 9.97 Å². The van der Waals surface area contributed by atoms with Gasteiger partial charge in [-0.15, -0.1) is 11.3 Å². The third-order valence-electron chi connectivity index (χ3n) is 6.41. The van der Waals surface area contributed by atoms with Crippen molar-refractivity contribution < 1.29 is 9.53 Å². The Bertz CT molecular complexity index is 1270. The summed E-state index contributed by atoms with van der Waals surface area (Å²) in [5, 5.41) is 14.0. The van der Waals surface area contributed by atoms with E-state index in [1.165, 1.54) is 16.6 Å². The van der Waals surface area contributed by atoms with Crippen LogP contribution in [-0.2, 0) is 17.6 Å². The lowest BCUT2D eigenvalue weighted by molar-refractivity contribution is -0.113. The monoisotopic (exact) mass is 506 g/mol. The molecule has 0 saturated heterocycles. The van der Waals surface area contributed by atoms with Gasteiger partial charge < -0.3 is 10.1 Å². The Hall–Kier alpha value is -2.89. The van der Waals surface area contributed by atoms with Gasteiger partial charge >= 0.3 is 0 Å². The van der Waals surface area contributed by atoms with Gasteiger partial charge in [0.2, 0.25) is 5.91 Å². The summed E-state index contributed by atoms with van der Waals surface area (Å²) in [4.78, 5) is 23.2. The van der Waals surface area contributed by atoms with Crippen molar-refractivity contribution in [1.29, 1.82) is 5.26 Å². The van der Waals surface area contributed by atoms with Gasteiger partial charge in [0.05, 0.1) is 24.1 Å². The van der Waals surface area contributed by atoms with Crippen LogP contribution in [0, 0.1) is 29.6 Å². The van der Waals surface area contributed by atoms with E-state index in [2.05, 4.69) is 42.1 Å². The molecule has 0 unspecified atom stereocenters. The fraction of sp³-hybridized carbons (Fsp3) is 0.407. The number of carbonyl (C=O) groups excluding carboxylic acids is 1. The van der Waals surface area contributed by atoms with E-state index in [-0.39, 0.29) is 17.1 Å². The highest BCUT2D eigenvalue weighted by molar-refractivity contribution is 7.99. The Morgan fingerprint density at radius 3 is 2.69 bits per heavy atom. The van der Waals surface area contributed by atoms with E-state index in [9.17, 15) is 10.1 Å². The van der Waals surface area contributed by atoms with E-state index < -0.39 is 0 Å². The number of nitrogens with zero attached hydrogens (tertiary/aromatic N) is 3. The fourth-order valence-electron chi connectivity index (χ4n) is 4.34. The zero-order chi connectivity index (χ0) is 25.2. The number of fused-ring (bicyclic) bond motifs is 1. The Morgan fingerprint density at radius 2 is 2.03 bits per heavy atom. The second-order valence-corrected chi connectivity index (χ2v) is 11.9. The summed E-state index contributed by atoms with van der Waals surface area (Å²) in [6.07, 6.45) is 2.94. The van der Waals surface area contributed by atoms with Gasteiger partial charge in [-0.2, -0.15) is 5.26 Å². The molecule has 4 rings (SSSR count). The normalized spacial score (nSPS) is 15.3. The average Bonchev–Trinajstić information content (AvgIpc) is 3.18. The van der Waals surface area contributed by atoms with Gasteiger partial charge in [0.15, 0.2) is 5.16 Å². The quantitative estimate of drug-likeness (QED) is 0.313. The number of anilines is 1. The number of nitrogens with one attached hydrogen (secondary N) is 1. The number of ether oxygens (including phenoxy) is 1. The average molecular weight is 507 g/mol. The van der Waals surface area contributed by atoms with Gasteiger partial charge in [-0.05, 0) is 73.4 Å². The molecule has 0 spiro atoms. The minimum absolute atomic E-state index is 0.159. The van der Waals surface area contributed by atoms with Crippen molar-refractivity contribution >= 4 is 34.0 Å². The van der Waals surface area contributed by atoms with Crippen molar-refractivity contribution in [3.05, 3.63) is 52.0 Å². The van der Waals surface area contributed by atoms with E-state index in [4.69, 9.17) is 4.74 Å². The van der Waals surface area contributed by atoms with Crippen molar-refractivity contribution in [1.82, 2.24) is 9.97 Å². The lowest BCUT2D eigenvalue weighted by atomic mass is 9.72. The molecule has 1 N–H and O–H groups in total. The first kappa shape index (κ1) is 25.2. The molecule has 3 aromatic rings. The standard InChI is InChI=1S/C27H30N4O2S2/c1-16-12-22(17-6-9-19(33-5)10-7-17)30-26(29-16)34-15-24(32)31-25-21(14-28)20-11-8-18(27(2,3)4)13-23(20)35-25/h6-7,9-10,12,18H,8,11,13,15H2,1-5H3,(H,31,32)/t18-/m0/s1. The number of hydrogen-bond acceptors (Lipinski definition) is 7. The summed E-state index contributed by atoms with van der Waals surface area (Å²) in [5.41, 5.74) is 4.57. The highest BCUT2D eigenvalue weighted by atomic mass is 32.2. The third kappa shape index (κ3) is 5.85. The van der Waals surface area contributed by atoms with Gasteiger partial charge in [0.25, 0.3) is 0 Å². The van der Waals surface area contributed by atoms with Crippen LogP contribution in [0.25, 0.3) is 11.3 Å². The number of amides is 1. The molecule has 8 heteroatoms. The Kier molecular flexibility index (Phi) is 7.48. The molecule has 1 aliphatic rings. The van der Waals surface area contributed by atoms with E-state index in [0.29, 0.717) is 21.6 Å². The number of rotatable bonds is 6. The predicted octanol–water partition coefficient (Wildman–Crippen LogP) is 6.28. The molecule has 0 bridgehead atoms. The molecule has 1 amide bonds. The summed E-state index contributed by atoms with van der Waals surface area (Å²) in [6, 6.07) is 11.9. The van der Waals surface area contributed by atoms with Crippen molar-refractivity contribution in [2.45, 2.75) is 52.1 Å². The van der Waals surface area contributed by atoms with Gasteiger partial charge in [-0.3, -0.25) is 4.79 Å². The Morgan fingerprint density at radius 1 is 1.29 bits per heavy atom. The summed E-state index contributed by atoms with van der Waals surface area (Å²) in [6.45, 7) is 8.73. The highest BCUT2D eigenvalue weighted by Gasteiger charge is 2.32. The smallest absolute Gasteiger partial charge is 0.235 e. The molecule has 2 heterocycles. The lowest BCUT2D eigenvalue weighted by Crippen LogP contribution is -2.26. The number of thioether (sulfide) groups is 1. The topological polar surface area (TPSA) is 87.9 Å². The maximum Gasteiger partial charge on any atom is 0.235 e. The van der Waals surface area contributed by atoms with E-state index >= 15 is 0 Å². The molecular formula is C27H30N4O2S2. The van der Waals surface area contributed by atoms with Crippen LogP contribution in [0.2, 0.25) is 0 Å². The fourth-order valence-corrected chi connectivity index (χ4v) is 6.34. The number of methoxy groups -OCH3 is 1. The molecule has 182 valence electrons. The molecule has 1 atom stereocenters. The molecule has 0 aliphatic heterocycles. The van der Waals surface area contributed by atoms with Crippen LogP contribution >= 0.6 is 23.1 Å². The third-order valence-corrected chi connectivity index (χ3v) is 8.42. The summed E-state index contributed by atoms with van der Waals surface area (Å²) in [5.74, 6) is 1.38. The van der Waals surface area contributed by atoms with Gasteiger partial charge in [-0.1, -0.05) is 32.5 Å². The molecule has 6 nitrogen and oxygen atoms in total. The maximum atomic E-state index is 12.8. The van der Waals surface area contributed by atoms with E-state index in [1.807, 2.05) is 37.3 Å². The van der Waals surface area contributed by atoms with Crippen molar-refractivity contribution in [3.63, 3.8) is 0 Å². The SMILES string of the molecule is COc1ccc(-c2cc(C)nc(SCC(=O)Nc3sc4c(c3C#N)CC[C@H](C(C)(C)C)C4)n2)cc1. The van der Waals surface area contributed by atoms with Crippen LogP contribution in [0.1, 0.15) is 48.9 Å². The second-order valence-electron chi connectivity index (χ2n) is 9.87. The van der Waals surface area contributed by atoms with Gasteiger partial charge in [0, 0.05) is 16.1 Å². The number of benzene rings is 1. The number of nitriles is 1. The van der Waals surface area contributed by atoms with Crippen molar-refractivity contribution in [2.75, 3.05) is 18.2 Å². The summed E-state index contributed by atoms with van der Waals surface area (Å²) in [7, 11) is 1.64. The molecule has 0 radical (unpaired) electrons. The van der Waals surface area contributed by atoms with Crippen LogP contribution in [0.3, 0.4) is 0 Å². The number of aryl methyl sites for hydroxylation is 1. The van der Waals surface area contributed by atoms with Crippen LogP contribution in [0.5, 0.6) is 5.75 Å². The second kappa shape index (κ2) is 10.4. The lowest BCUT2D eigenvalue weighted by Gasteiger charge is -2.33. The van der Waals surface area contributed by atoms with Crippen LogP contribution in [0.15, 0.2) is 35.5 Å². The summed E-state index contributed by atoms with van der Waals surface area (Å²) >= 11 is 2.85. The first-order chi connectivity index (χ1) is 16.7. The first-order valence-electron chi connectivity index (χ1n) is 11.7. The maximum absolute atomic E-state index is 12.8. The van der Waals surface area contributed by atoms with Crippen molar-refractivity contribution in [3.8, 4) is 23.1 Å². The van der Waals surface area contributed by atoms with Crippen LogP contribution in [0.4, 0.5) is 5.00 Å². The van der Waals surface area contributed by atoms with E-state index in [0.717, 1.165) is 47.5 Å². The zero-order valence-corrected chi connectivity index (χ0v) is 22.4. The van der Waals surface area contributed by atoms with Crippen molar-refractivity contribution in [2.24, 2.45) is 11.3 Å². The Balaban J connectivity index is 1.44. The molecule has 1 aliphatic carbocycles. The molecule has 0 saturated carbocycles. The van der Waals surface area contributed by atoms with Gasteiger partial charge in [0.1, 0.15) is 16.8 Å². The number of carbonyl (C=O) groups is 1. The number of thiophene rings is 1. The summed E-state index contributed by atoms with van der Waals surface area (Å²) < 4.78 is 5.23. The zero-order valence-electron chi connectivity index (χ0n) is 20.8. The first-order valence-corrected chi connectivity index (χ1v) is 13.5. The Labute approximate surface area is 215 Å². The molecule has 0 fully saturated rings. The largest absolute Gasteiger partial charge is 0.497 e. The number of aromatic nitrogens is 2. The number of hydrogen-bond donors (Lipinski definition) is 1.